The second-order valence-electron chi connectivity index (χ2n) is 3.83. The highest BCUT2D eigenvalue weighted by Gasteiger charge is 2.27. The molecule has 0 aromatic carbocycles. The Morgan fingerprint density at radius 2 is 2.47 bits per heavy atom. The zero-order chi connectivity index (χ0) is 12.3. The maximum absolute atomic E-state index is 11.8. The van der Waals surface area contributed by atoms with Crippen LogP contribution in [0.1, 0.15) is 29.4 Å². The number of ether oxygens (including phenoxy) is 1. The van der Waals surface area contributed by atoms with Gasteiger partial charge in [0, 0.05) is 6.20 Å². The standard InChI is InChI=1S/C12H14N2O3/c1-2-17-12(16)9-6-5-8-4-3-7-13-10(8)11(15)14-9/h3-4,7,9H,2,5-6H2,1H3,(H,14,15). The van der Waals surface area contributed by atoms with E-state index in [0.717, 1.165) is 5.56 Å². The fourth-order valence-electron chi connectivity index (χ4n) is 1.86. The third-order valence-corrected chi connectivity index (χ3v) is 2.69. The lowest BCUT2D eigenvalue weighted by molar-refractivity contribution is -0.145. The monoisotopic (exact) mass is 234 g/mol. The van der Waals surface area contributed by atoms with Gasteiger partial charge in [-0.05, 0) is 31.4 Å². The highest BCUT2D eigenvalue weighted by molar-refractivity contribution is 5.97. The van der Waals surface area contributed by atoms with E-state index in [1.165, 1.54) is 0 Å². The Bertz CT molecular complexity index is 445. The molecule has 1 aliphatic heterocycles. The van der Waals surface area contributed by atoms with Crippen molar-refractivity contribution in [2.75, 3.05) is 6.61 Å². The van der Waals surface area contributed by atoms with Crippen LogP contribution in [0.4, 0.5) is 0 Å². The average Bonchev–Trinajstić information content (AvgIpc) is 2.50. The zero-order valence-corrected chi connectivity index (χ0v) is 9.60. The normalized spacial score (nSPS) is 18.9. The van der Waals surface area contributed by atoms with Crippen molar-refractivity contribution in [2.45, 2.75) is 25.8 Å². The molecule has 0 fully saturated rings. The summed E-state index contributed by atoms with van der Waals surface area (Å²) < 4.78 is 4.91. The molecule has 2 heterocycles. The summed E-state index contributed by atoms with van der Waals surface area (Å²) in [6, 6.07) is 3.07. The fourth-order valence-corrected chi connectivity index (χ4v) is 1.86. The van der Waals surface area contributed by atoms with Crippen LogP contribution in [0.25, 0.3) is 0 Å². The Balaban J connectivity index is 2.18. The minimum absolute atomic E-state index is 0.309. The molecule has 5 nitrogen and oxygen atoms in total. The van der Waals surface area contributed by atoms with Crippen LogP contribution < -0.4 is 5.32 Å². The number of hydrogen-bond acceptors (Lipinski definition) is 4. The number of amides is 1. The van der Waals surface area contributed by atoms with Crippen LogP contribution in [0.5, 0.6) is 0 Å². The molecule has 2 rings (SSSR count). The lowest BCUT2D eigenvalue weighted by atomic mass is 10.1. The Hall–Kier alpha value is -1.91. The van der Waals surface area contributed by atoms with Crippen LogP contribution in [0, 0.1) is 0 Å². The molecule has 0 spiro atoms. The number of carbonyl (C=O) groups is 2. The fraction of sp³-hybridized carbons (Fsp3) is 0.417. The van der Waals surface area contributed by atoms with E-state index in [1.807, 2.05) is 6.07 Å². The van der Waals surface area contributed by atoms with E-state index in [0.29, 0.717) is 25.1 Å². The van der Waals surface area contributed by atoms with Gasteiger partial charge in [0.25, 0.3) is 5.91 Å². The molecule has 1 aromatic heterocycles. The van der Waals surface area contributed by atoms with E-state index in [1.54, 1.807) is 19.2 Å². The molecule has 0 saturated carbocycles. The second-order valence-corrected chi connectivity index (χ2v) is 3.83. The molecule has 1 atom stereocenters. The molecule has 5 heteroatoms. The van der Waals surface area contributed by atoms with Crippen LogP contribution in [0.2, 0.25) is 0 Å². The smallest absolute Gasteiger partial charge is 0.328 e. The van der Waals surface area contributed by atoms with E-state index in [2.05, 4.69) is 10.3 Å². The van der Waals surface area contributed by atoms with Crippen molar-refractivity contribution < 1.29 is 14.3 Å². The predicted octanol–water partition coefficient (Wildman–Crippen LogP) is 0.689. The number of nitrogens with one attached hydrogen (secondary N) is 1. The van der Waals surface area contributed by atoms with Crippen molar-refractivity contribution in [1.29, 1.82) is 0 Å². The topological polar surface area (TPSA) is 68.3 Å². The van der Waals surface area contributed by atoms with Crippen LogP contribution in [-0.2, 0) is 16.0 Å². The summed E-state index contributed by atoms with van der Waals surface area (Å²) >= 11 is 0. The van der Waals surface area contributed by atoms with Gasteiger partial charge in [-0.1, -0.05) is 6.07 Å². The number of esters is 1. The number of aromatic nitrogens is 1. The maximum Gasteiger partial charge on any atom is 0.328 e. The Morgan fingerprint density at radius 1 is 1.65 bits per heavy atom. The van der Waals surface area contributed by atoms with E-state index >= 15 is 0 Å². The summed E-state index contributed by atoms with van der Waals surface area (Å²) in [5.74, 6) is -0.690. The van der Waals surface area contributed by atoms with E-state index in [9.17, 15) is 9.59 Å². The first-order valence-electron chi connectivity index (χ1n) is 5.63. The molecule has 1 aromatic rings. The number of carbonyl (C=O) groups excluding carboxylic acids is 2. The molecule has 0 aliphatic carbocycles. The van der Waals surface area contributed by atoms with Gasteiger partial charge in [0.2, 0.25) is 0 Å². The third kappa shape index (κ3) is 2.43. The highest BCUT2D eigenvalue weighted by Crippen LogP contribution is 2.14. The van der Waals surface area contributed by atoms with Gasteiger partial charge in [0.15, 0.2) is 0 Å². The summed E-state index contributed by atoms with van der Waals surface area (Å²) in [5.41, 5.74) is 1.27. The lowest BCUT2D eigenvalue weighted by Crippen LogP contribution is -2.40. The van der Waals surface area contributed by atoms with Crippen molar-refractivity contribution >= 4 is 11.9 Å². The summed E-state index contributed by atoms with van der Waals surface area (Å²) in [6.07, 6.45) is 2.76. The first-order valence-corrected chi connectivity index (χ1v) is 5.63. The number of aryl methyl sites for hydroxylation is 1. The van der Waals surface area contributed by atoms with E-state index < -0.39 is 6.04 Å². The number of fused-ring (bicyclic) bond motifs is 1. The average molecular weight is 234 g/mol. The van der Waals surface area contributed by atoms with Gasteiger partial charge in [-0.3, -0.25) is 9.78 Å². The highest BCUT2D eigenvalue weighted by atomic mass is 16.5. The van der Waals surface area contributed by atoms with Crippen molar-refractivity contribution in [3.63, 3.8) is 0 Å². The summed E-state index contributed by atoms with van der Waals surface area (Å²) in [7, 11) is 0. The molecule has 1 unspecified atom stereocenters. The largest absolute Gasteiger partial charge is 0.464 e. The van der Waals surface area contributed by atoms with Gasteiger partial charge in [0.05, 0.1) is 6.61 Å². The predicted molar refractivity (Wildman–Crippen MR) is 60.4 cm³/mol. The van der Waals surface area contributed by atoms with Gasteiger partial charge in [0.1, 0.15) is 11.7 Å². The van der Waals surface area contributed by atoms with Gasteiger partial charge in [-0.25, -0.2) is 4.79 Å². The van der Waals surface area contributed by atoms with Crippen molar-refractivity contribution in [2.24, 2.45) is 0 Å². The minimum atomic E-state index is -0.573. The molecular formula is C12H14N2O3. The molecule has 90 valence electrons. The Kier molecular flexibility index (Phi) is 3.37. The first-order chi connectivity index (χ1) is 8.22. The number of nitrogens with zero attached hydrogens (tertiary/aromatic N) is 1. The summed E-state index contributed by atoms with van der Waals surface area (Å²) in [5, 5.41) is 2.64. The molecule has 0 saturated heterocycles. The number of pyridine rings is 1. The number of rotatable bonds is 2. The summed E-state index contributed by atoms with van der Waals surface area (Å²) in [6.45, 7) is 2.06. The zero-order valence-electron chi connectivity index (χ0n) is 9.60. The molecule has 17 heavy (non-hydrogen) atoms. The molecule has 0 radical (unpaired) electrons. The van der Waals surface area contributed by atoms with Crippen LogP contribution in [0.3, 0.4) is 0 Å². The second kappa shape index (κ2) is 4.95. The quantitative estimate of drug-likeness (QED) is 0.764. The SMILES string of the molecule is CCOC(=O)C1CCc2cccnc2C(=O)N1. The van der Waals surface area contributed by atoms with E-state index in [-0.39, 0.29) is 11.9 Å². The van der Waals surface area contributed by atoms with Crippen LogP contribution in [0.15, 0.2) is 18.3 Å². The van der Waals surface area contributed by atoms with Gasteiger partial charge >= 0.3 is 5.97 Å². The van der Waals surface area contributed by atoms with E-state index in [4.69, 9.17) is 4.74 Å². The molecule has 0 bridgehead atoms. The van der Waals surface area contributed by atoms with Crippen LogP contribution in [-0.4, -0.2) is 29.5 Å². The lowest BCUT2D eigenvalue weighted by Gasteiger charge is -2.13. The van der Waals surface area contributed by atoms with Crippen molar-refractivity contribution in [3.05, 3.63) is 29.6 Å². The van der Waals surface area contributed by atoms with Crippen molar-refractivity contribution in [1.82, 2.24) is 10.3 Å². The van der Waals surface area contributed by atoms with Crippen LogP contribution >= 0.6 is 0 Å². The third-order valence-electron chi connectivity index (χ3n) is 2.69. The Morgan fingerprint density at radius 3 is 3.24 bits per heavy atom. The molecule has 1 aliphatic rings. The molecule has 1 amide bonds. The molecule has 1 N–H and O–H groups in total. The van der Waals surface area contributed by atoms with Gasteiger partial charge in [-0.2, -0.15) is 0 Å². The molecular weight excluding hydrogens is 220 g/mol. The summed E-state index contributed by atoms with van der Waals surface area (Å²) in [4.78, 5) is 27.5. The van der Waals surface area contributed by atoms with Gasteiger partial charge < -0.3 is 10.1 Å². The van der Waals surface area contributed by atoms with Crippen molar-refractivity contribution in [3.8, 4) is 0 Å². The maximum atomic E-state index is 11.8. The number of hydrogen-bond donors (Lipinski definition) is 1. The Labute approximate surface area is 99.2 Å². The first kappa shape index (κ1) is 11.6. The van der Waals surface area contributed by atoms with Gasteiger partial charge in [-0.15, -0.1) is 0 Å². The minimum Gasteiger partial charge on any atom is -0.464 e.